The maximum atomic E-state index is 8.99. The van der Waals surface area contributed by atoms with Crippen molar-refractivity contribution in [2.24, 2.45) is 5.41 Å². The van der Waals surface area contributed by atoms with E-state index in [-0.39, 0.29) is 5.41 Å². The van der Waals surface area contributed by atoms with Gasteiger partial charge in [-0.2, -0.15) is 5.26 Å². The lowest BCUT2D eigenvalue weighted by atomic mass is 9.89. The van der Waals surface area contributed by atoms with E-state index in [1.807, 2.05) is 25.4 Å². The highest BCUT2D eigenvalue weighted by atomic mass is 32.1. The second kappa shape index (κ2) is 7.05. The SMILES string of the molecule is CC(C)(C#N)CCCCN1CCN(c2nccs2)CC1. The van der Waals surface area contributed by atoms with E-state index in [0.717, 1.165) is 50.7 Å². The van der Waals surface area contributed by atoms with E-state index in [9.17, 15) is 0 Å². The lowest BCUT2D eigenvalue weighted by molar-refractivity contribution is 0.248. The topological polar surface area (TPSA) is 43.2 Å². The van der Waals surface area contributed by atoms with E-state index >= 15 is 0 Å². The number of hydrogen-bond acceptors (Lipinski definition) is 5. The third-order valence-corrected chi connectivity index (χ3v) is 4.72. The zero-order valence-corrected chi connectivity index (χ0v) is 13.3. The number of rotatable bonds is 6. The van der Waals surface area contributed by atoms with Crippen LogP contribution in [0.25, 0.3) is 0 Å². The Morgan fingerprint density at radius 3 is 2.65 bits per heavy atom. The summed E-state index contributed by atoms with van der Waals surface area (Å²) in [4.78, 5) is 9.28. The van der Waals surface area contributed by atoms with E-state index in [2.05, 4.69) is 20.9 Å². The third-order valence-electron chi connectivity index (χ3n) is 3.89. The van der Waals surface area contributed by atoms with Crippen molar-refractivity contribution in [1.82, 2.24) is 9.88 Å². The quantitative estimate of drug-likeness (QED) is 0.756. The molecule has 0 aliphatic carbocycles. The second-order valence-corrected chi connectivity index (χ2v) is 6.97. The summed E-state index contributed by atoms with van der Waals surface area (Å²) in [6.07, 6.45) is 5.22. The molecule has 1 aliphatic heterocycles. The van der Waals surface area contributed by atoms with E-state index < -0.39 is 0 Å². The number of aromatic nitrogens is 1. The third kappa shape index (κ3) is 4.46. The molecule has 0 atom stereocenters. The zero-order valence-electron chi connectivity index (χ0n) is 12.5. The Morgan fingerprint density at radius 2 is 2.05 bits per heavy atom. The van der Waals surface area contributed by atoms with Crippen molar-refractivity contribution in [3.63, 3.8) is 0 Å². The molecule has 0 aromatic carbocycles. The molecule has 0 amide bonds. The summed E-state index contributed by atoms with van der Waals surface area (Å²) in [6.45, 7) is 9.63. The fraction of sp³-hybridized carbons (Fsp3) is 0.733. The molecule has 5 heteroatoms. The number of thiazole rings is 1. The molecule has 1 aromatic heterocycles. The highest BCUT2D eigenvalue weighted by molar-refractivity contribution is 7.13. The van der Waals surface area contributed by atoms with Crippen molar-refractivity contribution in [2.75, 3.05) is 37.6 Å². The predicted molar refractivity (Wildman–Crippen MR) is 84.0 cm³/mol. The minimum absolute atomic E-state index is 0.163. The summed E-state index contributed by atoms with van der Waals surface area (Å²) < 4.78 is 0. The summed E-state index contributed by atoms with van der Waals surface area (Å²) in [7, 11) is 0. The number of piperazine rings is 1. The first-order chi connectivity index (χ1) is 9.61. The van der Waals surface area contributed by atoms with Gasteiger partial charge in [0.15, 0.2) is 5.13 Å². The number of hydrogen-bond donors (Lipinski definition) is 0. The van der Waals surface area contributed by atoms with Gasteiger partial charge in [-0.15, -0.1) is 11.3 Å². The first-order valence-electron chi connectivity index (χ1n) is 7.39. The highest BCUT2D eigenvalue weighted by Gasteiger charge is 2.19. The molecular weight excluding hydrogens is 268 g/mol. The van der Waals surface area contributed by atoms with E-state index in [4.69, 9.17) is 5.26 Å². The normalized spacial score (nSPS) is 17.1. The van der Waals surface area contributed by atoms with Crippen molar-refractivity contribution >= 4 is 16.5 Å². The summed E-state index contributed by atoms with van der Waals surface area (Å²) in [5.41, 5.74) is -0.163. The molecule has 2 rings (SSSR count). The lowest BCUT2D eigenvalue weighted by Gasteiger charge is -2.34. The van der Waals surface area contributed by atoms with Crippen molar-refractivity contribution < 1.29 is 0 Å². The van der Waals surface area contributed by atoms with Crippen LogP contribution >= 0.6 is 11.3 Å². The molecule has 4 nitrogen and oxygen atoms in total. The summed E-state index contributed by atoms with van der Waals surface area (Å²) in [5, 5.41) is 12.2. The number of anilines is 1. The Labute approximate surface area is 126 Å². The molecule has 110 valence electrons. The van der Waals surface area contributed by atoms with Crippen LogP contribution < -0.4 is 4.90 Å². The van der Waals surface area contributed by atoms with Crippen molar-refractivity contribution in [3.05, 3.63) is 11.6 Å². The van der Waals surface area contributed by atoms with Crippen LogP contribution in [0.1, 0.15) is 33.1 Å². The molecule has 0 bridgehead atoms. The Bertz CT molecular complexity index is 427. The van der Waals surface area contributed by atoms with Gasteiger partial charge >= 0.3 is 0 Å². The first-order valence-corrected chi connectivity index (χ1v) is 8.27. The molecule has 0 saturated carbocycles. The molecule has 0 N–H and O–H groups in total. The zero-order chi connectivity index (χ0) is 14.4. The first kappa shape index (κ1) is 15.3. The fourth-order valence-corrected chi connectivity index (χ4v) is 3.19. The minimum atomic E-state index is -0.163. The molecule has 1 aliphatic rings. The molecule has 0 unspecified atom stereocenters. The van der Waals surface area contributed by atoms with Crippen LogP contribution in [0.5, 0.6) is 0 Å². The smallest absolute Gasteiger partial charge is 0.185 e. The molecular formula is C15H24N4S. The van der Waals surface area contributed by atoms with Crippen LogP contribution in [-0.4, -0.2) is 42.6 Å². The average molecular weight is 292 g/mol. The van der Waals surface area contributed by atoms with Gasteiger partial charge in [-0.3, -0.25) is 4.90 Å². The average Bonchev–Trinajstić information content (AvgIpc) is 2.98. The van der Waals surface area contributed by atoms with Gasteiger partial charge in [-0.05, 0) is 33.2 Å². The molecule has 0 radical (unpaired) electrons. The summed E-state index contributed by atoms with van der Waals surface area (Å²) in [5.74, 6) is 0. The van der Waals surface area contributed by atoms with Gasteiger partial charge in [0.1, 0.15) is 0 Å². The monoisotopic (exact) mass is 292 g/mol. The van der Waals surface area contributed by atoms with Crippen LogP contribution in [0.3, 0.4) is 0 Å². The minimum Gasteiger partial charge on any atom is -0.346 e. The number of unbranched alkanes of at least 4 members (excludes halogenated alkanes) is 1. The van der Waals surface area contributed by atoms with Gasteiger partial charge in [-0.1, -0.05) is 6.42 Å². The Morgan fingerprint density at radius 1 is 1.30 bits per heavy atom. The van der Waals surface area contributed by atoms with E-state index in [1.165, 1.54) is 6.42 Å². The second-order valence-electron chi connectivity index (χ2n) is 6.10. The summed E-state index contributed by atoms with van der Waals surface area (Å²) >= 11 is 1.72. The maximum absolute atomic E-state index is 8.99. The van der Waals surface area contributed by atoms with Gasteiger partial charge in [0, 0.05) is 37.8 Å². The fourth-order valence-electron chi connectivity index (χ4n) is 2.49. The van der Waals surface area contributed by atoms with Crippen LogP contribution in [0, 0.1) is 16.7 Å². The van der Waals surface area contributed by atoms with Gasteiger partial charge in [-0.25, -0.2) is 4.98 Å². The predicted octanol–water partition coefficient (Wildman–Crippen LogP) is 2.99. The Hall–Kier alpha value is -1.12. The van der Waals surface area contributed by atoms with Gasteiger partial charge < -0.3 is 4.90 Å². The number of nitrogens with zero attached hydrogens (tertiary/aromatic N) is 4. The van der Waals surface area contributed by atoms with Crippen LogP contribution in [0.4, 0.5) is 5.13 Å². The number of nitriles is 1. The van der Waals surface area contributed by atoms with Crippen LogP contribution in [0.2, 0.25) is 0 Å². The van der Waals surface area contributed by atoms with Gasteiger partial charge in [0.05, 0.1) is 11.5 Å². The van der Waals surface area contributed by atoms with E-state index in [1.54, 1.807) is 11.3 Å². The molecule has 0 spiro atoms. The van der Waals surface area contributed by atoms with Crippen molar-refractivity contribution in [3.8, 4) is 6.07 Å². The molecule has 1 aromatic rings. The van der Waals surface area contributed by atoms with Gasteiger partial charge in [0.25, 0.3) is 0 Å². The maximum Gasteiger partial charge on any atom is 0.185 e. The summed E-state index contributed by atoms with van der Waals surface area (Å²) in [6, 6.07) is 2.38. The molecule has 1 fully saturated rings. The van der Waals surface area contributed by atoms with Crippen molar-refractivity contribution in [2.45, 2.75) is 33.1 Å². The van der Waals surface area contributed by atoms with Crippen LogP contribution in [-0.2, 0) is 0 Å². The molecule has 2 heterocycles. The molecule has 1 saturated heterocycles. The van der Waals surface area contributed by atoms with Gasteiger partial charge in [0.2, 0.25) is 0 Å². The van der Waals surface area contributed by atoms with Crippen molar-refractivity contribution in [1.29, 1.82) is 5.26 Å². The molecule has 20 heavy (non-hydrogen) atoms. The van der Waals surface area contributed by atoms with E-state index in [0.29, 0.717) is 0 Å². The van der Waals surface area contributed by atoms with Crippen LogP contribution in [0.15, 0.2) is 11.6 Å². The largest absolute Gasteiger partial charge is 0.346 e. The Kier molecular flexibility index (Phi) is 5.38. The lowest BCUT2D eigenvalue weighted by Crippen LogP contribution is -2.46. The Balaban J connectivity index is 1.62. The standard InChI is InChI=1S/C15H24N4S/c1-15(2,13-16)5-3-4-7-18-8-10-19(11-9-18)14-17-6-12-20-14/h6,12H,3-5,7-11H2,1-2H3. The highest BCUT2D eigenvalue weighted by Crippen LogP contribution is 2.22.